The number of anilines is 1. The highest BCUT2D eigenvalue weighted by Gasteiger charge is 2.16. The van der Waals surface area contributed by atoms with E-state index in [0.29, 0.717) is 27.9 Å². The van der Waals surface area contributed by atoms with E-state index in [9.17, 15) is 9.59 Å². The number of hydrogen-bond acceptors (Lipinski definition) is 5. The second-order valence-corrected chi connectivity index (χ2v) is 6.90. The number of pyridine rings is 1. The van der Waals surface area contributed by atoms with Crippen LogP contribution in [0.4, 0.5) is 5.82 Å². The first-order valence-electron chi connectivity index (χ1n) is 8.34. The van der Waals surface area contributed by atoms with Crippen molar-refractivity contribution < 1.29 is 14.7 Å². The minimum atomic E-state index is -1.09. The number of carbonyl (C=O) groups is 2. The number of aliphatic carboxylic acids is 1. The van der Waals surface area contributed by atoms with Crippen LogP contribution in [0.15, 0.2) is 30.6 Å². The monoisotopic (exact) mass is 421 g/mol. The van der Waals surface area contributed by atoms with Gasteiger partial charge in [0.25, 0.3) is 0 Å². The van der Waals surface area contributed by atoms with Crippen LogP contribution in [0.25, 0.3) is 22.0 Å². The van der Waals surface area contributed by atoms with Crippen molar-refractivity contribution in [2.75, 3.05) is 25.0 Å². The Bertz CT molecular complexity index is 1020. The molecule has 0 spiro atoms. The maximum atomic E-state index is 11.8. The zero-order valence-electron chi connectivity index (χ0n) is 14.9. The highest BCUT2D eigenvalue weighted by Crippen LogP contribution is 2.37. The van der Waals surface area contributed by atoms with E-state index in [1.165, 1.54) is 0 Å². The molecule has 0 aliphatic rings. The number of benzene rings is 1. The van der Waals surface area contributed by atoms with Crippen molar-refractivity contribution >= 4 is 51.8 Å². The zero-order chi connectivity index (χ0) is 20.3. The SMILES string of the molecule is CN(CCC(=O)NCC(=O)O)c1cc(-c2cn[nH]c2)c2ccc(Cl)c(Cl)c2n1. The van der Waals surface area contributed by atoms with E-state index in [1.54, 1.807) is 30.4 Å². The van der Waals surface area contributed by atoms with Crippen LogP contribution in [0.2, 0.25) is 10.0 Å². The van der Waals surface area contributed by atoms with Crippen molar-refractivity contribution in [1.82, 2.24) is 20.5 Å². The van der Waals surface area contributed by atoms with E-state index in [4.69, 9.17) is 28.3 Å². The lowest BCUT2D eigenvalue weighted by atomic mass is 10.0. The van der Waals surface area contributed by atoms with Gasteiger partial charge >= 0.3 is 5.97 Å². The molecule has 8 nitrogen and oxygen atoms in total. The molecule has 146 valence electrons. The van der Waals surface area contributed by atoms with Gasteiger partial charge in [0.1, 0.15) is 12.4 Å². The molecule has 1 amide bonds. The number of rotatable bonds is 7. The number of fused-ring (bicyclic) bond motifs is 1. The Kier molecular flexibility index (Phi) is 6.01. The largest absolute Gasteiger partial charge is 0.480 e. The number of carboxylic acid groups (broad SMARTS) is 1. The van der Waals surface area contributed by atoms with Gasteiger partial charge in [-0.25, -0.2) is 4.98 Å². The van der Waals surface area contributed by atoms with Gasteiger partial charge < -0.3 is 15.3 Å². The molecule has 0 aliphatic carbocycles. The molecule has 1 aromatic carbocycles. The molecule has 0 aliphatic heterocycles. The van der Waals surface area contributed by atoms with E-state index < -0.39 is 12.5 Å². The summed E-state index contributed by atoms with van der Waals surface area (Å²) < 4.78 is 0. The highest BCUT2D eigenvalue weighted by atomic mass is 35.5. The topological polar surface area (TPSA) is 111 Å². The molecule has 3 N–H and O–H groups in total. The smallest absolute Gasteiger partial charge is 0.322 e. The average molecular weight is 422 g/mol. The fraction of sp³-hybridized carbons (Fsp3) is 0.222. The standard InChI is InChI=1S/C18H17Cl2N5O3/c1-25(5-4-15(26)21-9-16(27)28)14-6-12(10-7-22-23-8-10)11-2-3-13(19)17(20)18(11)24-14/h2-3,6-8H,4-5,9H2,1H3,(H,21,26)(H,22,23)(H,27,28). The van der Waals surface area contributed by atoms with Crippen LogP contribution in [0.3, 0.4) is 0 Å². The Morgan fingerprint density at radius 1 is 1.32 bits per heavy atom. The summed E-state index contributed by atoms with van der Waals surface area (Å²) in [5, 5.41) is 19.3. The van der Waals surface area contributed by atoms with Gasteiger partial charge in [0.15, 0.2) is 0 Å². The minimum Gasteiger partial charge on any atom is -0.480 e. The molecule has 0 atom stereocenters. The van der Waals surface area contributed by atoms with Crippen molar-refractivity contribution in [2.45, 2.75) is 6.42 Å². The molecule has 28 heavy (non-hydrogen) atoms. The number of nitrogens with one attached hydrogen (secondary N) is 2. The summed E-state index contributed by atoms with van der Waals surface area (Å²) >= 11 is 12.5. The summed E-state index contributed by atoms with van der Waals surface area (Å²) in [4.78, 5) is 28.7. The summed E-state index contributed by atoms with van der Waals surface area (Å²) in [6.45, 7) is -0.0670. The van der Waals surface area contributed by atoms with E-state index in [-0.39, 0.29) is 12.3 Å². The van der Waals surface area contributed by atoms with Gasteiger partial charge in [-0.15, -0.1) is 0 Å². The van der Waals surface area contributed by atoms with Crippen molar-refractivity contribution in [3.05, 3.63) is 40.6 Å². The second kappa shape index (κ2) is 8.45. The van der Waals surface area contributed by atoms with Crippen LogP contribution in [0, 0.1) is 0 Å². The fourth-order valence-electron chi connectivity index (χ4n) is 2.70. The quantitative estimate of drug-likeness (QED) is 0.540. The summed E-state index contributed by atoms with van der Waals surface area (Å²) in [7, 11) is 1.79. The predicted molar refractivity (Wildman–Crippen MR) is 108 cm³/mol. The normalized spacial score (nSPS) is 10.8. The Morgan fingerprint density at radius 3 is 2.79 bits per heavy atom. The summed E-state index contributed by atoms with van der Waals surface area (Å²) in [5.41, 5.74) is 2.28. The number of carbonyl (C=O) groups excluding carboxylic acids is 1. The summed E-state index contributed by atoms with van der Waals surface area (Å²) in [5.74, 6) is -0.848. The molecule has 2 aromatic heterocycles. The van der Waals surface area contributed by atoms with Crippen molar-refractivity contribution in [3.63, 3.8) is 0 Å². The number of aromatic nitrogens is 3. The minimum absolute atomic E-state index is 0.119. The molecule has 3 aromatic rings. The van der Waals surface area contributed by atoms with Crippen LogP contribution in [-0.2, 0) is 9.59 Å². The Labute approximate surface area is 170 Å². The van der Waals surface area contributed by atoms with E-state index in [0.717, 1.165) is 16.5 Å². The Hall–Kier alpha value is -2.84. The molecule has 2 heterocycles. The number of carboxylic acids is 1. The molecule has 0 unspecified atom stereocenters. The third-order valence-corrected chi connectivity index (χ3v) is 4.96. The number of nitrogens with zero attached hydrogens (tertiary/aromatic N) is 3. The number of hydrogen-bond donors (Lipinski definition) is 3. The van der Waals surface area contributed by atoms with Crippen LogP contribution in [0.5, 0.6) is 0 Å². The number of amides is 1. The lowest BCUT2D eigenvalue weighted by molar-refractivity contribution is -0.137. The first kappa shape index (κ1) is 19.9. The van der Waals surface area contributed by atoms with Gasteiger partial charge in [0.05, 0.1) is 21.8 Å². The number of aromatic amines is 1. The maximum absolute atomic E-state index is 11.8. The van der Waals surface area contributed by atoms with Gasteiger partial charge in [0.2, 0.25) is 5.91 Å². The third-order valence-electron chi connectivity index (χ3n) is 4.17. The molecule has 0 bridgehead atoms. The fourth-order valence-corrected chi connectivity index (χ4v) is 3.06. The molecular weight excluding hydrogens is 405 g/mol. The Balaban J connectivity index is 1.91. The van der Waals surface area contributed by atoms with Crippen LogP contribution >= 0.6 is 23.2 Å². The Morgan fingerprint density at radius 2 is 2.11 bits per heavy atom. The van der Waals surface area contributed by atoms with Gasteiger partial charge in [-0.05, 0) is 17.7 Å². The van der Waals surface area contributed by atoms with E-state index in [2.05, 4.69) is 20.5 Å². The molecular formula is C18H17Cl2N5O3. The zero-order valence-corrected chi connectivity index (χ0v) is 16.4. The molecule has 0 radical (unpaired) electrons. The molecule has 0 fully saturated rings. The van der Waals surface area contributed by atoms with Crippen LogP contribution in [0.1, 0.15) is 6.42 Å². The maximum Gasteiger partial charge on any atom is 0.322 e. The van der Waals surface area contributed by atoms with Crippen molar-refractivity contribution in [2.24, 2.45) is 0 Å². The molecule has 0 saturated carbocycles. The van der Waals surface area contributed by atoms with Gasteiger partial charge in [-0.1, -0.05) is 29.3 Å². The average Bonchev–Trinajstić information content (AvgIpc) is 3.21. The van der Waals surface area contributed by atoms with Gasteiger partial charge in [0, 0.05) is 37.2 Å². The van der Waals surface area contributed by atoms with Crippen LogP contribution in [-0.4, -0.2) is 52.3 Å². The van der Waals surface area contributed by atoms with E-state index in [1.807, 2.05) is 12.1 Å². The third kappa shape index (κ3) is 4.35. The molecule has 0 saturated heterocycles. The molecule has 3 rings (SSSR count). The van der Waals surface area contributed by atoms with Crippen molar-refractivity contribution in [3.8, 4) is 11.1 Å². The lowest BCUT2D eigenvalue weighted by Crippen LogP contribution is -2.32. The van der Waals surface area contributed by atoms with Gasteiger partial charge in [-0.2, -0.15) is 5.10 Å². The van der Waals surface area contributed by atoms with Gasteiger partial charge in [-0.3, -0.25) is 14.7 Å². The first-order chi connectivity index (χ1) is 13.4. The first-order valence-corrected chi connectivity index (χ1v) is 9.10. The van der Waals surface area contributed by atoms with Crippen LogP contribution < -0.4 is 10.2 Å². The number of halogens is 2. The van der Waals surface area contributed by atoms with E-state index >= 15 is 0 Å². The predicted octanol–water partition coefficient (Wildman–Crippen LogP) is 2.96. The molecule has 10 heteroatoms. The summed E-state index contributed by atoms with van der Waals surface area (Å²) in [6.07, 6.45) is 3.58. The van der Waals surface area contributed by atoms with Crippen molar-refractivity contribution in [1.29, 1.82) is 0 Å². The second-order valence-electron chi connectivity index (χ2n) is 6.11. The summed E-state index contributed by atoms with van der Waals surface area (Å²) in [6, 6.07) is 5.45. The highest BCUT2D eigenvalue weighted by molar-refractivity contribution is 6.45. The lowest BCUT2D eigenvalue weighted by Gasteiger charge is -2.20. The number of H-pyrrole nitrogens is 1.